The molecule has 0 aliphatic carbocycles. The number of ether oxygens (including phenoxy) is 3. The molecule has 1 atom stereocenters. The zero-order valence-corrected chi connectivity index (χ0v) is 27.1. The molecule has 10 nitrogen and oxygen atoms in total. The van der Waals surface area contributed by atoms with Crippen LogP contribution in [0.15, 0.2) is 54.0 Å². The lowest BCUT2D eigenvalue weighted by molar-refractivity contribution is -0.275. The third-order valence-corrected chi connectivity index (χ3v) is 7.68. The summed E-state index contributed by atoms with van der Waals surface area (Å²) in [6.07, 6.45) is -13.8. The first-order chi connectivity index (χ1) is 23.7. The third kappa shape index (κ3) is 8.75. The number of imidazole rings is 1. The van der Waals surface area contributed by atoms with Crippen molar-refractivity contribution in [3.8, 4) is 17.0 Å². The normalized spacial score (nSPS) is 13.8. The number of carbonyl (C=O) groups excluding carboxylic acids is 2. The van der Waals surface area contributed by atoms with Gasteiger partial charge in [-0.15, -0.1) is 13.2 Å². The first-order valence-corrected chi connectivity index (χ1v) is 14.7. The number of aliphatic imine (C=N–C) groups is 1. The summed E-state index contributed by atoms with van der Waals surface area (Å²) in [5.74, 6) is -3.15. The summed E-state index contributed by atoms with van der Waals surface area (Å²) in [5, 5.41) is 0. The number of aromatic nitrogens is 4. The molecule has 0 aliphatic rings. The molecule has 4 aromatic rings. The van der Waals surface area contributed by atoms with Gasteiger partial charge in [-0.05, 0) is 62.2 Å². The molecule has 0 spiro atoms. The van der Waals surface area contributed by atoms with Gasteiger partial charge in [0.05, 0.1) is 38.2 Å². The highest BCUT2D eigenvalue weighted by Crippen LogP contribution is 2.43. The number of fused-ring (bicyclic) bond motifs is 1. The summed E-state index contributed by atoms with van der Waals surface area (Å²) in [6, 6.07) is 3.66. The summed E-state index contributed by atoms with van der Waals surface area (Å²) in [6.45, 7) is 2.74. The Morgan fingerprint density at radius 3 is 2.08 bits per heavy atom. The van der Waals surface area contributed by atoms with Gasteiger partial charge in [0.1, 0.15) is 28.7 Å². The fourth-order valence-corrected chi connectivity index (χ4v) is 5.25. The Hall–Kier alpha value is -5.23. The van der Waals surface area contributed by atoms with Gasteiger partial charge in [-0.1, -0.05) is 0 Å². The zero-order chi connectivity index (χ0) is 37.9. The SMILES string of the molecule is COC(=O)CCC(CN=Cc1cc(C(F)(F)F)cc(C(F)(F)F)c1)(C(=O)OC)c1cc(-c2ncnc3c2ncn3C(C)C)ccc1OC(F)(F)F. The Morgan fingerprint density at radius 1 is 0.882 bits per heavy atom. The van der Waals surface area contributed by atoms with E-state index in [1.807, 2.05) is 13.8 Å². The number of hydrogen-bond donors (Lipinski definition) is 0. The summed E-state index contributed by atoms with van der Waals surface area (Å²) in [5.41, 5.74) is -6.17. The van der Waals surface area contributed by atoms with E-state index in [9.17, 15) is 49.1 Å². The molecule has 0 aliphatic heterocycles. The van der Waals surface area contributed by atoms with Gasteiger partial charge in [-0.25, -0.2) is 15.0 Å². The molecule has 1 unspecified atom stereocenters. The molecule has 0 fully saturated rings. The number of alkyl halides is 9. The number of hydrogen-bond acceptors (Lipinski definition) is 9. The molecule has 51 heavy (non-hydrogen) atoms. The fraction of sp³-hybridized carbons (Fsp3) is 0.375. The van der Waals surface area contributed by atoms with Crippen LogP contribution in [-0.2, 0) is 36.8 Å². The van der Waals surface area contributed by atoms with Crippen molar-refractivity contribution in [1.29, 1.82) is 0 Å². The van der Waals surface area contributed by atoms with Crippen molar-refractivity contribution in [2.45, 2.75) is 56.9 Å². The van der Waals surface area contributed by atoms with Gasteiger partial charge in [0.2, 0.25) is 0 Å². The number of methoxy groups -OCH3 is 2. The van der Waals surface area contributed by atoms with Crippen LogP contribution >= 0.6 is 0 Å². The molecule has 19 heteroatoms. The molecule has 0 bridgehead atoms. The quantitative estimate of drug-likeness (QED) is 0.0885. The van der Waals surface area contributed by atoms with Gasteiger partial charge in [0.25, 0.3) is 0 Å². The number of carbonyl (C=O) groups is 2. The monoisotopic (exact) mass is 733 g/mol. The molecule has 4 rings (SSSR count). The van der Waals surface area contributed by atoms with E-state index < -0.39 is 83.5 Å². The minimum atomic E-state index is -5.33. The first kappa shape index (κ1) is 38.6. The summed E-state index contributed by atoms with van der Waals surface area (Å²) < 4.78 is 138. The highest BCUT2D eigenvalue weighted by atomic mass is 19.4. The second kappa shape index (κ2) is 14.6. The van der Waals surface area contributed by atoms with Crippen LogP contribution in [0, 0.1) is 0 Å². The number of esters is 2. The van der Waals surface area contributed by atoms with Crippen LogP contribution < -0.4 is 4.74 Å². The number of benzene rings is 2. The molecule has 2 heterocycles. The van der Waals surface area contributed by atoms with E-state index in [2.05, 4.69) is 29.4 Å². The lowest BCUT2D eigenvalue weighted by atomic mass is 9.75. The van der Waals surface area contributed by atoms with Crippen molar-refractivity contribution < 1.29 is 63.3 Å². The highest BCUT2D eigenvalue weighted by molar-refractivity contribution is 5.90. The minimum Gasteiger partial charge on any atom is -0.469 e. The standard InChI is InChI=1S/C32H28F9N5O5/c1-17(2)46-16-45-26-25(43-15-44-27(26)46)19-5-6-23(51-32(39,40)41)22(11-19)29(28(48)50-4,8-7-24(47)49-3)14-42-13-18-9-20(30(33,34)35)12-21(10-18)31(36,37)38/h5-6,9-13,15-17H,7-8,14H2,1-4H3. The van der Waals surface area contributed by atoms with Gasteiger partial charge < -0.3 is 18.8 Å². The molecule has 0 N–H and O–H groups in total. The van der Waals surface area contributed by atoms with Crippen LogP contribution in [-0.4, -0.2) is 64.8 Å². The van der Waals surface area contributed by atoms with Gasteiger partial charge in [0, 0.05) is 29.8 Å². The highest BCUT2D eigenvalue weighted by Gasteiger charge is 2.46. The lowest BCUT2D eigenvalue weighted by Crippen LogP contribution is -2.41. The first-order valence-electron chi connectivity index (χ1n) is 14.7. The Labute approximate surface area is 283 Å². The van der Waals surface area contributed by atoms with Crippen molar-refractivity contribution in [3.05, 3.63) is 71.3 Å². The predicted octanol–water partition coefficient (Wildman–Crippen LogP) is 7.49. The minimum absolute atomic E-state index is 0.0870. The number of rotatable bonds is 11. The topological polar surface area (TPSA) is 118 Å². The van der Waals surface area contributed by atoms with Gasteiger partial charge in [-0.3, -0.25) is 14.6 Å². The van der Waals surface area contributed by atoms with Crippen molar-refractivity contribution in [2.75, 3.05) is 20.8 Å². The maximum Gasteiger partial charge on any atom is 0.573 e. The maximum atomic E-state index is 13.8. The lowest BCUT2D eigenvalue weighted by Gasteiger charge is -2.32. The molecule has 274 valence electrons. The Morgan fingerprint density at radius 2 is 1.53 bits per heavy atom. The molecular weight excluding hydrogens is 705 g/mol. The van der Waals surface area contributed by atoms with Crippen LogP contribution in [0.25, 0.3) is 22.4 Å². The van der Waals surface area contributed by atoms with Crippen molar-refractivity contribution >= 4 is 29.3 Å². The Kier molecular flexibility index (Phi) is 11.0. The zero-order valence-electron chi connectivity index (χ0n) is 27.1. The summed E-state index contributed by atoms with van der Waals surface area (Å²) >= 11 is 0. The van der Waals surface area contributed by atoms with Crippen LogP contribution in [0.2, 0.25) is 0 Å². The third-order valence-electron chi connectivity index (χ3n) is 7.68. The summed E-state index contributed by atoms with van der Waals surface area (Å²) in [4.78, 5) is 42.7. The average molecular weight is 734 g/mol. The molecule has 0 radical (unpaired) electrons. The van der Waals surface area contributed by atoms with Crippen molar-refractivity contribution in [2.24, 2.45) is 4.99 Å². The molecular formula is C32H28F9N5O5. The van der Waals surface area contributed by atoms with Gasteiger partial charge in [-0.2, -0.15) is 26.3 Å². The maximum absolute atomic E-state index is 13.8. The van der Waals surface area contributed by atoms with Gasteiger partial charge in [0.15, 0.2) is 5.65 Å². The van der Waals surface area contributed by atoms with E-state index in [-0.39, 0.29) is 28.9 Å². The van der Waals surface area contributed by atoms with E-state index in [1.54, 1.807) is 4.57 Å². The number of nitrogens with zero attached hydrogens (tertiary/aromatic N) is 5. The average Bonchev–Trinajstić information content (AvgIpc) is 3.49. The molecule has 0 saturated heterocycles. The van der Waals surface area contributed by atoms with Crippen LogP contribution in [0.4, 0.5) is 39.5 Å². The van der Waals surface area contributed by atoms with Crippen LogP contribution in [0.5, 0.6) is 5.75 Å². The second-order valence-electron chi connectivity index (χ2n) is 11.4. The van der Waals surface area contributed by atoms with Crippen molar-refractivity contribution in [3.63, 3.8) is 0 Å². The smallest absolute Gasteiger partial charge is 0.469 e. The Bertz CT molecular complexity index is 1910. The molecule has 2 aromatic carbocycles. The van der Waals surface area contributed by atoms with E-state index in [0.29, 0.717) is 24.0 Å². The predicted molar refractivity (Wildman–Crippen MR) is 162 cm³/mol. The largest absolute Gasteiger partial charge is 0.573 e. The van der Waals surface area contributed by atoms with E-state index in [1.165, 1.54) is 18.7 Å². The molecule has 2 aromatic heterocycles. The van der Waals surface area contributed by atoms with E-state index >= 15 is 0 Å². The van der Waals surface area contributed by atoms with E-state index in [0.717, 1.165) is 26.4 Å². The molecule has 0 saturated carbocycles. The van der Waals surface area contributed by atoms with E-state index in [4.69, 9.17) is 4.74 Å². The number of halogens is 9. The van der Waals surface area contributed by atoms with Crippen molar-refractivity contribution in [1.82, 2.24) is 19.5 Å². The van der Waals surface area contributed by atoms with Gasteiger partial charge >= 0.3 is 30.7 Å². The Balaban J connectivity index is 1.97. The van der Waals surface area contributed by atoms with Crippen LogP contribution in [0.3, 0.4) is 0 Å². The molecule has 0 amide bonds. The second-order valence-corrected chi connectivity index (χ2v) is 11.4. The fourth-order valence-electron chi connectivity index (χ4n) is 5.25. The van der Waals surface area contributed by atoms with Crippen LogP contribution in [0.1, 0.15) is 55.0 Å². The summed E-state index contributed by atoms with van der Waals surface area (Å²) in [7, 11) is 1.88.